The zero-order valence-electron chi connectivity index (χ0n) is 12.5. The topological polar surface area (TPSA) is 68.2 Å². The van der Waals surface area contributed by atoms with Crippen LogP contribution in [-0.4, -0.2) is 29.4 Å². The largest absolute Gasteiger partial charge is 0.381 e. The zero-order valence-corrected chi connectivity index (χ0v) is 12.5. The van der Waals surface area contributed by atoms with Crippen LogP contribution in [-0.2, 0) is 23.1 Å². The van der Waals surface area contributed by atoms with E-state index in [0.717, 1.165) is 22.6 Å². The molecule has 0 aliphatic rings. The number of aromatic nitrogens is 2. The van der Waals surface area contributed by atoms with Crippen molar-refractivity contribution in [1.29, 1.82) is 0 Å². The number of nitrogens with one attached hydrogen (secondary N) is 2. The quantitative estimate of drug-likeness (QED) is 0.852. The van der Waals surface area contributed by atoms with E-state index >= 15 is 0 Å². The van der Waals surface area contributed by atoms with Crippen LogP contribution in [0.1, 0.15) is 11.3 Å². The third-order valence-corrected chi connectivity index (χ3v) is 3.24. The van der Waals surface area contributed by atoms with E-state index in [9.17, 15) is 4.79 Å². The lowest BCUT2D eigenvalue weighted by molar-refractivity contribution is -0.119. The molecule has 1 amide bonds. The van der Waals surface area contributed by atoms with E-state index in [1.807, 2.05) is 49.1 Å². The van der Waals surface area contributed by atoms with E-state index in [1.165, 1.54) is 7.11 Å². The number of methoxy groups -OCH3 is 1. The van der Waals surface area contributed by atoms with Gasteiger partial charge in [-0.05, 0) is 25.1 Å². The Morgan fingerprint density at radius 1 is 1.38 bits per heavy atom. The van der Waals surface area contributed by atoms with Crippen LogP contribution in [0.4, 0.5) is 11.4 Å². The highest BCUT2D eigenvalue weighted by molar-refractivity contribution is 5.92. The van der Waals surface area contributed by atoms with Gasteiger partial charge in [0.15, 0.2) is 0 Å². The highest BCUT2D eigenvalue weighted by Gasteiger charge is 2.05. The lowest BCUT2D eigenvalue weighted by Crippen LogP contribution is -2.17. The molecule has 0 saturated carbocycles. The first kappa shape index (κ1) is 15.1. The Hall–Kier alpha value is -2.34. The monoisotopic (exact) mass is 288 g/mol. The summed E-state index contributed by atoms with van der Waals surface area (Å²) < 4.78 is 6.64. The summed E-state index contributed by atoms with van der Waals surface area (Å²) in [4.78, 5) is 11.5. The van der Waals surface area contributed by atoms with E-state index in [-0.39, 0.29) is 12.5 Å². The van der Waals surface area contributed by atoms with Crippen molar-refractivity contribution in [2.75, 3.05) is 24.4 Å². The number of benzene rings is 1. The molecule has 0 saturated heterocycles. The third kappa shape index (κ3) is 4.06. The SMILES string of the molecule is COCC(=O)Nc1cccc(NCc2cnn(C)c2C)c1. The van der Waals surface area contributed by atoms with Crippen molar-refractivity contribution >= 4 is 17.3 Å². The third-order valence-electron chi connectivity index (χ3n) is 3.24. The molecule has 6 nitrogen and oxygen atoms in total. The van der Waals surface area contributed by atoms with Gasteiger partial charge in [0, 0.05) is 43.3 Å². The van der Waals surface area contributed by atoms with Crippen LogP contribution in [0.25, 0.3) is 0 Å². The lowest BCUT2D eigenvalue weighted by atomic mass is 10.2. The van der Waals surface area contributed by atoms with Crippen molar-refractivity contribution in [3.05, 3.63) is 41.7 Å². The summed E-state index contributed by atoms with van der Waals surface area (Å²) in [5.41, 5.74) is 3.96. The van der Waals surface area contributed by atoms with Crippen LogP contribution >= 0.6 is 0 Å². The van der Waals surface area contributed by atoms with E-state index in [1.54, 1.807) is 0 Å². The smallest absolute Gasteiger partial charge is 0.250 e. The van der Waals surface area contributed by atoms with Crippen LogP contribution in [0.15, 0.2) is 30.5 Å². The number of hydrogen-bond acceptors (Lipinski definition) is 4. The molecule has 2 rings (SSSR count). The number of aryl methyl sites for hydroxylation is 1. The average Bonchev–Trinajstić information content (AvgIpc) is 2.77. The average molecular weight is 288 g/mol. The summed E-state index contributed by atoms with van der Waals surface area (Å²) >= 11 is 0. The molecule has 1 heterocycles. The number of carbonyl (C=O) groups excluding carboxylic acids is 1. The van der Waals surface area contributed by atoms with Crippen molar-refractivity contribution in [1.82, 2.24) is 9.78 Å². The number of amides is 1. The maximum Gasteiger partial charge on any atom is 0.250 e. The van der Waals surface area contributed by atoms with Gasteiger partial charge < -0.3 is 15.4 Å². The summed E-state index contributed by atoms with van der Waals surface area (Å²) in [5.74, 6) is -0.169. The summed E-state index contributed by atoms with van der Waals surface area (Å²) in [7, 11) is 3.42. The molecule has 112 valence electrons. The number of carbonyl (C=O) groups is 1. The molecule has 0 aliphatic heterocycles. The second-order valence-electron chi connectivity index (χ2n) is 4.79. The van der Waals surface area contributed by atoms with Crippen LogP contribution in [0.5, 0.6) is 0 Å². The molecular formula is C15H20N4O2. The predicted molar refractivity (Wildman–Crippen MR) is 82.2 cm³/mol. The molecule has 0 atom stereocenters. The normalized spacial score (nSPS) is 10.4. The Kier molecular flexibility index (Phi) is 4.94. The molecule has 0 spiro atoms. The van der Waals surface area contributed by atoms with Crippen LogP contribution in [0, 0.1) is 6.92 Å². The predicted octanol–water partition coefficient (Wildman–Crippen LogP) is 1.93. The maximum atomic E-state index is 11.5. The van der Waals surface area contributed by atoms with Gasteiger partial charge in [0.25, 0.3) is 0 Å². The van der Waals surface area contributed by atoms with Gasteiger partial charge in [0.1, 0.15) is 6.61 Å². The first-order chi connectivity index (χ1) is 10.1. The summed E-state index contributed by atoms with van der Waals surface area (Å²) in [6.45, 7) is 2.77. The fourth-order valence-electron chi connectivity index (χ4n) is 1.95. The van der Waals surface area contributed by atoms with Crippen molar-refractivity contribution < 1.29 is 9.53 Å². The molecule has 0 radical (unpaired) electrons. The number of anilines is 2. The van der Waals surface area contributed by atoms with E-state index in [0.29, 0.717) is 6.54 Å². The van der Waals surface area contributed by atoms with E-state index < -0.39 is 0 Å². The number of hydrogen-bond donors (Lipinski definition) is 2. The van der Waals surface area contributed by atoms with Gasteiger partial charge in [-0.1, -0.05) is 6.07 Å². The minimum Gasteiger partial charge on any atom is -0.381 e. The highest BCUT2D eigenvalue weighted by Crippen LogP contribution is 2.16. The van der Waals surface area contributed by atoms with Crippen molar-refractivity contribution in [2.45, 2.75) is 13.5 Å². The van der Waals surface area contributed by atoms with Gasteiger partial charge in [0.05, 0.1) is 6.20 Å². The molecule has 2 aromatic rings. The van der Waals surface area contributed by atoms with E-state index in [4.69, 9.17) is 4.74 Å². The maximum absolute atomic E-state index is 11.5. The molecule has 6 heteroatoms. The number of rotatable bonds is 6. The van der Waals surface area contributed by atoms with Gasteiger partial charge in [-0.3, -0.25) is 9.48 Å². The van der Waals surface area contributed by atoms with Crippen LogP contribution in [0.3, 0.4) is 0 Å². The fourth-order valence-corrected chi connectivity index (χ4v) is 1.95. The van der Waals surface area contributed by atoms with Gasteiger partial charge in [0.2, 0.25) is 5.91 Å². The molecule has 0 aliphatic carbocycles. The fraction of sp³-hybridized carbons (Fsp3) is 0.333. The Morgan fingerprint density at radius 3 is 2.81 bits per heavy atom. The Labute approximate surface area is 124 Å². The van der Waals surface area contributed by atoms with Gasteiger partial charge >= 0.3 is 0 Å². The number of ether oxygens (including phenoxy) is 1. The van der Waals surface area contributed by atoms with Gasteiger partial charge in [-0.15, -0.1) is 0 Å². The van der Waals surface area contributed by atoms with Gasteiger partial charge in [-0.25, -0.2) is 0 Å². The molecule has 1 aromatic carbocycles. The Balaban J connectivity index is 1.98. The molecule has 0 unspecified atom stereocenters. The first-order valence-corrected chi connectivity index (χ1v) is 6.70. The molecule has 1 aromatic heterocycles. The molecule has 21 heavy (non-hydrogen) atoms. The minimum atomic E-state index is -0.169. The summed E-state index contributed by atoms with van der Waals surface area (Å²) in [6.07, 6.45) is 1.85. The van der Waals surface area contributed by atoms with Crippen molar-refractivity contribution in [3.63, 3.8) is 0 Å². The van der Waals surface area contributed by atoms with Crippen molar-refractivity contribution in [2.24, 2.45) is 7.05 Å². The number of nitrogens with zero attached hydrogens (tertiary/aromatic N) is 2. The molecule has 2 N–H and O–H groups in total. The molecular weight excluding hydrogens is 268 g/mol. The standard InChI is InChI=1S/C15H20N4O2/c1-11-12(9-17-19(11)2)8-16-13-5-4-6-14(7-13)18-15(20)10-21-3/h4-7,9,16H,8,10H2,1-3H3,(H,18,20). The summed E-state index contributed by atoms with van der Waals surface area (Å²) in [5, 5.41) is 10.3. The Morgan fingerprint density at radius 2 is 2.14 bits per heavy atom. The second kappa shape index (κ2) is 6.90. The Bertz CT molecular complexity index is 622. The molecule has 0 bridgehead atoms. The molecule has 0 fully saturated rings. The van der Waals surface area contributed by atoms with E-state index in [2.05, 4.69) is 15.7 Å². The lowest BCUT2D eigenvalue weighted by Gasteiger charge is -2.09. The minimum absolute atomic E-state index is 0.0482. The van der Waals surface area contributed by atoms with Crippen molar-refractivity contribution in [3.8, 4) is 0 Å². The first-order valence-electron chi connectivity index (χ1n) is 6.70. The van der Waals surface area contributed by atoms with Crippen LogP contribution in [0.2, 0.25) is 0 Å². The van der Waals surface area contributed by atoms with Gasteiger partial charge in [-0.2, -0.15) is 5.10 Å². The second-order valence-corrected chi connectivity index (χ2v) is 4.79. The summed E-state index contributed by atoms with van der Waals surface area (Å²) in [6, 6.07) is 7.58. The zero-order chi connectivity index (χ0) is 15.2. The van der Waals surface area contributed by atoms with Crippen LogP contribution < -0.4 is 10.6 Å². The highest BCUT2D eigenvalue weighted by atomic mass is 16.5.